The highest BCUT2D eigenvalue weighted by Crippen LogP contribution is 2.36. The van der Waals surface area contributed by atoms with Gasteiger partial charge in [-0.15, -0.1) is 0 Å². The summed E-state index contributed by atoms with van der Waals surface area (Å²) >= 11 is 6.20. The molecule has 1 aromatic rings. The van der Waals surface area contributed by atoms with Crippen molar-refractivity contribution in [3.05, 3.63) is 22.7 Å². The van der Waals surface area contributed by atoms with E-state index >= 15 is 0 Å². The Kier molecular flexibility index (Phi) is 6.71. The zero-order chi connectivity index (χ0) is 17.7. The number of nitrogens with zero attached hydrogens (tertiary/aromatic N) is 1. The number of carboxylic acids is 1. The Morgan fingerprint density at radius 1 is 1.50 bits per heavy atom. The summed E-state index contributed by atoms with van der Waals surface area (Å²) in [6, 6.07) is 3.39. The third-order valence-electron chi connectivity index (χ3n) is 3.80. The number of carboxylic acid groups (broad SMARTS) is 1. The van der Waals surface area contributed by atoms with Crippen LogP contribution in [-0.4, -0.2) is 55.0 Å². The molecule has 1 fully saturated rings. The van der Waals surface area contributed by atoms with Crippen molar-refractivity contribution in [1.82, 2.24) is 4.90 Å². The predicted octanol–water partition coefficient (Wildman–Crippen LogP) is 2.81. The molecule has 134 valence electrons. The zero-order valence-corrected chi connectivity index (χ0v) is 15.0. The third-order valence-corrected chi connectivity index (χ3v) is 4.02. The number of hydrogen-bond donors (Lipinski definition) is 1. The molecule has 1 saturated heterocycles. The lowest BCUT2D eigenvalue weighted by Gasteiger charge is -2.35. The molecule has 7 heteroatoms. The van der Waals surface area contributed by atoms with Gasteiger partial charge in [-0.2, -0.15) is 0 Å². The minimum absolute atomic E-state index is 0.0154. The summed E-state index contributed by atoms with van der Waals surface area (Å²) in [7, 11) is 1.57. The second-order valence-corrected chi connectivity index (χ2v) is 6.50. The van der Waals surface area contributed by atoms with Crippen molar-refractivity contribution in [2.24, 2.45) is 0 Å². The molecule has 1 heterocycles. The molecule has 2 rings (SSSR count). The van der Waals surface area contributed by atoms with E-state index in [1.54, 1.807) is 13.2 Å². The van der Waals surface area contributed by atoms with Gasteiger partial charge in [-0.25, -0.2) is 0 Å². The number of rotatable bonds is 7. The third kappa shape index (κ3) is 5.00. The second-order valence-electron chi connectivity index (χ2n) is 6.06. The standard InChI is InChI=1S/C17H24ClNO5/c1-11(2)24-17-12(6-13(18)7-15(17)22-3)9-19-4-5-23-10-14(19)8-16(20)21/h6-7,11,14H,4-5,8-10H2,1-3H3,(H,20,21)/t14-/m1/s1. The van der Waals surface area contributed by atoms with Gasteiger partial charge in [-0.3, -0.25) is 9.69 Å². The van der Waals surface area contributed by atoms with E-state index in [2.05, 4.69) is 4.90 Å². The first-order valence-corrected chi connectivity index (χ1v) is 8.35. The Balaban J connectivity index is 2.28. The number of benzene rings is 1. The van der Waals surface area contributed by atoms with Gasteiger partial charge in [-0.1, -0.05) is 11.6 Å². The predicted molar refractivity (Wildman–Crippen MR) is 91.0 cm³/mol. The van der Waals surface area contributed by atoms with E-state index in [0.717, 1.165) is 5.56 Å². The van der Waals surface area contributed by atoms with Gasteiger partial charge in [0.15, 0.2) is 11.5 Å². The fraction of sp³-hybridized carbons (Fsp3) is 0.588. The number of carbonyl (C=O) groups is 1. The van der Waals surface area contributed by atoms with E-state index in [1.165, 1.54) is 0 Å². The quantitative estimate of drug-likeness (QED) is 0.809. The lowest BCUT2D eigenvalue weighted by atomic mass is 10.1. The molecule has 0 aromatic heterocycles. The molecule has 1 N–H and O–H groups in total. The number of ether oxygens (including phenoxy) is 3. The number of morpholine rings is 1. The molecule has 1 aliphatic heterocycles. The van der Waals surface area contributed by atoms with Crippen LogP contribution in [0.25, 0.3) is 0 Å². The van der Waals surface area contributed by atoms with Gasteiger partial charge in [0.05, 0.1) is 32.8 Å². The molecule has 0 amide bonds. The Morgan fingerprint density at radius 3 is 2.88 bits per heavy atom. The first-order valence-electron chi connectivity index (χ1n) is 7.97. The summed E-state index contributed by atoms with van der Waals surface area (Å²) in [6.45, 7) is 6.06. The highest BCUT2D eigenvalue weighted by Gasteiger charge is 2.27. The summed E-state index contributed by atoms with van der Waals surface area (Å²) in [6.07, 6.45) is 0.0243. The molecule has 1 aliphatic rings. The lowest BCUT2D eigenvalue weighted by molar-refractivity contribution is -0.140. The van der Waals surface area contributed by atoms with Crippen LogP contribution in [0.1, 0.15) is 25.8 Å². The van der Waals surface area contributed by atoms with E-state index < -0.39 is 5.97 Å². The minimum atomic E-state index is -0.835. The first-order chi connectivity index (χ1) is 11.4. The molecule has 0 aliphatic carbocycles. The average Bonchev–Trinajstić information content (AvgIpc) is 2.50. The summed E-state index contributed by atoms with van der Waals surface area (Å²) < 4.78 is 16.8. The normalized spacial score (nSPS) is 18.6. The van der Waals surface area contributed by atoms with Gasteiger partial charge >= 0.3 is 5.97 Å². The molecule has 0 bridgehead atoms. The van der Waals surface area contributed by atoms with Crippen molar-refractivity contribution in [2.75, 3.05) is 26.9 Å². The van der Waals surface area contributed by atoms with E-state index in [9.17, 15) is 4.79 Å². The zero-order valence-electron chi connectivity index (χ0n) is 14.3. The van der Waals surface area contributed by atoms with Crippen LogP contribution in [0, 0.1) is 0 Å². The molecule has 6 nitrogen and oxygen atoms in total. The van der Waals surface area contributed by atoms with E-state index in [-0.39, 0.29) is 18.6 Å². The van der Waals surface area contributed by atoms with Crippen LogP contribution in [0.2, 0.25) is 5.02 Å². The molecule has 0 radical (unpaired) electrons. The lowest BCUT2D eigenvalue weighted by Crippen LogP contribution is -2.45. The van der Waals surface area contributed by atoms with Gasteiger partial charge in [0.1, 0.15) is 0 Å². The average molecular weight is 358 g/mol. The summed E-state index contributed by atoms with van der Waals surface area (Å²) in [5.74, 6) is 0.393. The highest BCUT2D eigenvalue weighted by molar-refractivity contribution is 6.30. The van der Waals surface area contributed by atoms with Crippen molar-refractivity contribution in [3.8, 4) is 11.5 Å². The van der Waals surface area contributed by atoms with Crippen molar-refractivity contribution in [3.63, 3.8) is 0 Å². The molecular formula is C17H24ClNO5. The first kappa shape index (κ1) is 18.8. The highest BCUT2D eigenvalue weighted by atomic mass is 35.5. The Hall–Kier alpha value is -1.50. The minimum Gasteiger partial charge on any atom is -0.493 e. The van der Waals surface area contributed by atoms with Crippen molar-refractivity contribution in [1.29, 1.82) is 0 Å². The van der Waals surface area contributed by atoms with E-state index in [1.807, 2.05) is 19.9 Å². The molecule has 0 spiro atoms. The van der Waals surface area contributed by atoms with Crippen molar-refractivity contribution >= 4 is 17.6 Å². The van der Waals surface area contributed by atoms with Crippen molar-refractivity contribution in [2.45, 2.75) is 39.0 Å². The monoisotopic (exact) mass is 357 g/mol. The topological polar surface area (TPSA) is 68.2 Å². The molecule has 0 unspecified atom stereocenters. The van der Waals surface area contributed by atoms with Gasteiger partial charge in [-0.05, 0) is 19.9 Å². The maximum Gasteiger partial charge on any atom is 0.305 e. The molecule has 0 saturated carbocycles. The maximum atomic E-state index is 11.1. The summed E-state index contributed by atoms with van der Waals surface area (Å²) in [5, 5.41) is 9.66. The SMILES string of the molecule is COc1cc(Cl)cc(CN2CCOC[C@H]2CC(=O)O)c1OC(C)C. The van der Waals surface area contributed by atoms with Gasteiger partial charge < -0.3 is 19.3 Å². The van der Waals surface area contributed by atoms with Gasteiger partial charge in [0.2, 0.25) is 0 Å². The van der Waals surface area contributed by atoms with Crippen LogP contribution in [0.5, 0.6) is 11.5 Å². The van der Waals surface area contributed by atoms with Crippen LogP contribution in [0.15, 0.2) is 12.1 Å². The van der Waals surface area contributed by atoms with Gasteiger partial charge in [0, 0.05) is 35.8 Å². The van der Waals surface area contributed by atoms with E-state index in [4.69, 9.17) is 30.9 Å². The summed E-state index contributed by atoms with van der Waals surface area (Å²) in [4.78, 5) is 13.2. The van der Waals surface area contributed by atoms with Crippen LogP contribution in [-0.2, 0) is 16.1 Å². The second kappa shape index (κ2) is 8.55. The largest absolute Gasteiger partial charge is 0.493 e. The van der Waals surface area contributed by atoms with Crippen LogP contribution < -0.4 is 9.47 Å². The molecule has 24 heavy (non-hydrogen) atoms. The summed E-state index contributed by atoms with van der Waals surface area (Å²) in [5.41, 5.74) is 0.880. The van der Waals surface area contributed by atoms with Gasteiger partial charge in [0.25, 0.3) is 0 Å². The Bertz CT molecular complexity index is 578. The molecule has 1 aromatic carbocycles. The van der Waals surface area contributed by atoms with Crippen LogP contribution >= 0.6 is 11.6 Å². The Morgan fingerprint density at radius 2 is 2.25 bits per heavy atom. The Labute approximate surface area is 147 Å². The number of methoxy groups -OCH3 is 1. The van der Waals surface area contributed by atoms with Crippen LogP contribution in [0.4, 0.5) is 0 Å². The smallest absolute Gasteiger partial charge is 0.305 e. The number of aliphatic carboxylic acids is 1. The van der Waals surface area contributed by atoms with Crippen LogP contribution in [0.3, 0.4) is 0 Å². The molecular weight excluding hydrogens is 334 g/mol. The fourth-order valence-electron chi connectivity index (χ4n) is 2.77. The fourth-order valence-corrected chi connectivity index (χ4v) is 3.00. The van der Waals surface area contributed by atoms with E-state index in [0.29, 0.717) is 42.8 Å². The maximum absolute atomic E-state index is 11.1. The number of hydrogen-bond acceptors (Lipinski definition) is 5. The van der Waals surface area contributed by atoms with Crippen molar-refractivity contribution < 1.29 is 24.1 Å². The number of halogens is 1. The molecule has 1 atom stereocenters.